The van der Waals surface area contributed by atoms with E-state index in [-0.39, 0.29) is 12.2 Å². The van der Waals surface area contributed by atoms with Crippen molar-refractivity contribution in [1.29, 1.82) is 0 Å². The van der Waals surface area contributed by atoms with Gasteiger partial charge >= 0.3 is 5.97 Å². The molecule has 0 spiro atoms. The number of rotatable bonds is 5. The van der Waals surface area contributed by atoms with E-state index in [1.165, 1.54) is 6.92 Å². The molecule has 1 N–H and O–H groups in total. The van der Waals surface area contributed by atoms with E-state index in [4.69, 9.17) is 5.11 Å². The van der Waals surface area contributed by atoms with Crippen LogP contribution in [0.1, 0.15) is 18.9 Å². The van der Waals surface area contributed by atoms with Gasteiger partial charge in [-0.1, -0.05) is 30.3 Å². The molecule has 1 rings (SSSR count). The van der Waals surface area contributed by atoms with Crippen LogP contribution in [-0.2, 0) is 16.0 Å². The zero-order chi connectivity index (χ0) is 11.3. The second kappa shape index (κ2) is 5.29. The number of Topliss-reactive ketones (excluding diaryl/α,β-unsaturated/α-hetero) is 1. The van der Waals surface area contributed by atoms with Gasteiger partial charge in [-0.15, -0.1) is 0 Å². The third-order valence-electron chi connectivity index (χ3n) is 2.36. The Bertz CT molecular complexity index is 343. The summed E-state index contributed by atoms with van der Waals surface area (Å²) in [6, 6.07) is 9.57. The molecule has 3 heteroatoms. The monoisotopic (exact) mass is 206 g/mol. The van der Waals surface area contributed by atoms with Gasteiger partial charge < -0.3 is 5.11 Å². The van der Waals surface area contributed by atoms with Crippen LogP contribution < -0.4 is 0 Å². The number of aryl methyl sites for hydroxylation is 1. The van der Waals surface area contributed by atoms with Gasteiger partial charge in [-0.2, -0.15) is 0 Å². The van der Waals surface area contributed by atoms with E-state index in [2.05, 4.69) is 0 Å². The summed E-state index contributed by atoms with van der Waals surface area (Å²) in [5, 5.41) is 8.63. The Hall–Kier alpha value is -1.64. The van der Waals surface area contributed by atoms with Crippen LogP contribution in [0.15, 0.2) is 30.3 Å². The van der Waals surface area contributed by atoms with Gasteiger partial charge in [-0.05, 0) is 18.9 Å². The van der Waals surface area contributed by atoms with Crippen LogP contribution in [0, 0.1) is 5.92 Å². The van der Waals surface area contributed by atoms with Crippen LogP contribution >= 0.6 is 0 Å². The molecular weight excluding hydrogens is 192 g/mol. The van der Waals surface area contributed by atoms with Crippen molar-refractivity contribution in [2.24, 2.45) is 5.92 Å². The molecule has 0 amide bonds. The predicted octanol–water partition coefficient (Wildman–Crippen LogP) is 1.91. The summed E-state index contributed by atoms with van der Waals surface area (Å²) >= 11 is 0. The summed E-state index contributed by atoms with van der Waals surface area (Å²) in [5.74, 6) is -2.16. The Morgan fingerprint density at radius 3 is 2.40 bits per heavy atom. The lowest BCUT2D eigenvalue weighted by atomic mass is 10.00. The average Bonchev–Trinajstić information content (AvgIpc) is 2.26. The Balaban J connectivity index is 2.44. The fraction of sp³-hybridized carbons (Fsp3) is 0.333. The highest BCUT2D eigenvalue weighted by atomic mass is 16.4. The fourth-order valence-electron chi connectivity index (χ4n) is 1.27. The molecule has 0 aliphatic carbocycles. The SMILES string of the molecule is CC(C(=O)O)C(=O)CCc1ccccc1. The van der Waals surface area contributed by atoms with Crippen molar-refractivity contribution in [2.75, 3.05) is 0 Å². The highest BCUT2D eigenvalue weighted by Crippen LogP contribution is 2.07. The van der Waals surface area contributed by atoms with Crippen molar-refractivity contribution < 1.29 is 14.7 Å². The Morgan fingerprint density at radius 2 is 1.87 bits per heavy atom. The third kappa shape index (κ3) is 3.54. The lowest BCUT2D eigenvalue weighted by Gasteiger charge is -2.04. The molecule has 0 bridgehead atoms. The number of carboxylic acids is 1. The van der Waals surface area contributed by atoms with Gasteiger partial charge in [0.2, 0.25) is 0 Å². The Morgan fingerprint density at radius 1 is 1.27 bits per heavy atom. The number of benzene rings is 1. The molecule has 0 saturated carbocycles. The summed E-state index contributed by atoms with van der Waals surface area (Å²) < 4.78 is 0. The molecule has 0 aromatic heterocycles. The van der Waals surface area contributed by atoms with E-state index in [1.807, 2.05) is 30.3 Å². The van der Waals surface area contributed by atoms with Crippen LogP contribution in [0.25, 0.3) is 0 Å². The van der Waals surface area contributed by atoms with E-state index in [9.17, 15) is 9.59 Å². The van der Waals surface area contributed by atoms with Gasteiger partial charge in [-0.25, -0.2) is 0 Å². The maximum absolute atomic E-state index is 11.4. The summed E-state index contributed by atoms with van der Waals surface area (Å²) in [4.78, 5) is 21.9. The molecule has 0 fully saturated rings. The van der Waals surface area contributed by atoms with Crippen LogP contribution in [0.5, 0.6) is 0 Å². The quantitative estimate of drug-likeness (QED) is 0.749. The van der Waals surface area contributed by atoms with Crippen LogP contribution in [0.2, 0.25) is 0 Å². The lowest BCUT2D eigenvalue weighted by molar-refractivity contribution is -0.145. The number of hydrogen-bond donors (Lipinski definition) is 1. The molecule has 15 heavy (non-hydrogen) atoms. The standard InChI is InChI=1S/C12H14O3/c1-9(12(14)15)11(13)8-7-10-5-3-2-4-6-10/h2-6,9H,7-8H2,1H3,(H,14,15). The summed E-state index contributed by atoms with van der Waals surface area (Å²) in [7, 11) is 0. The molecule has 3 nitrogen and oxygen atoms in total. The predicted molar refractivity (Wildman–Crippen MR) is 56.6 cm³/mol. The highest BCUT2D eigenvalue weighted by Gasteiger charge is 2.19. The molecular formula is C12H14O3. The second-order valence-electron chi connectivity index (χ2n) is 3.51. The Labute approximate surface area is 88.7 Å². The van der Waals surface area contributed by atoms with Crippen LogP contribution in [-0.4, -0.2) is 16.9 Å². The molecule has 0 radical (unpaired) electrons. The van der Waals surface area contributed by atoms with Crippen LogP contribution in [0.3, 0.4) is 0 Å². The van der Waals surface area contributed by atoms with Crippen molar-refractivity contribution in [3.05, 3.63) is 35.9 Å². The smallest absolute Gasteiger partial charge is 0.313 e. The number of carbonyl (C=O) groups excluding carboxylic acids is 1. The molecule has 0 saturated heterocycles. The van der Waals surface area contributed by atoms with Crippen molar-refractivity contribution >= 4 is 11.8 Å². The van der Waals surface area contributed by atoms with Gasteiger partial charge in [0.25, 0.3) is 0 Å². The van der Waals surface area contributed by atoms with Gasteiger partial charge in [0.1, 0.15) is 11.7 Å². The molecule has 0 aliphatic rings. The number of hydrogen-bond acceptors (Lipinski definition) is 2. The second-order valence-corrected chi connectivity index (χ2v) is 3.51. The van der Waals surface area contributed by atoms with Gasteiger partial charge in [0, 0.05) is 6.42 Å². The fourth-order valence-corrected chi connectivity index (χ4v) is 1.27. The summed E-state index contributed by atoms with van der Waals surface area (Å²) in [6.07, 6.45) is 0.898. The maximum Gasteiger partial charge on any atom is 0.313 e. The van der Waals surface area contributed by atoms with E-state index >= 15 is 0 Å². The number of aliphatic carboxylic acids is 1. The van der Waals surface area contributed by atoms with Gasteiger partial charge in [0.15, 0.2) is 0 Å². The highest BCUT2D eigenvalue weighted by molar-refractivity contribution is 5.97. The lowest BCUT2D eigenvalue weighted by Crippen LogP contribution is -2.20. The van der Waals surface area contributed by atoms with E-state index in [1.54, 1.807) is 0 Å². The minimum absolute atomic E-state index is 0.216. The van der Waals surface area contributed by atoms with Gasteiger partial charge in [0.05, 0.1) is 0 Å². The van der Waals surface area contributed by atoms with E-state index in [0.29, 0.717) is 6.42 Å². The minimum atomic E-state index is -1.05. The van der Waals surface area contributed by atoms with Gasteiger partial charge in [-0.3, -0.25) is 9.59 Å². The number of ketones is 1. The first-order valence-electron chi connectivity index (χ1n) is 4.90. The summed E-state index contributed by atoms with van der Waals surface area (Å²) in [6.45, 7) is 1.43. The number of carbonyl (C=O) groups is 2. The normalized spacial score (nSPS) is 12.1. The number of carboxylic acid groups (broad SMARTS) is 1. The molecule has 1 atom stereocenters. The zero-order valence-corrected chi connectivity index (χ0v) is 8.64. The zero-order valence-electron chi connectivity index (χ0n) is 8.64. The first-order valence-corrected chi connectivity index (χ1v) is 4.90. The minimum Gasteiger partial charge on any atom is -0.481 e. The molecule has 1 aromatic rings. The van der Waals surface area contributed by atoms with E-state index in [0.717, 1.165) is 5.56 Å². The molecule has 80 valence electrons. The first kappa shape index (κ1) is 11.4. The molecule has 0 heterocycles. The Kier molecular flexibility index (Phi) is 4.03. The molecule has 0 aliphatic heterocycles. The van der Waals surface area contributed by atoms with Crippen LogP contribution in [0.4, 0.5) is 0 Å². The topological polar surface area (TPSA) is 54.4 Å². The van der Waals surface area contributed by atoms with E-state index < -0.39 is 11.9 Å². The largest absolute Gasteiger partial charge is 0.481 e. The summed E-state index contributed by atoms with van der Waals surface area (Å²) in [5.41, 5.74) is 1.06. The van der Waals surface area contributed by atoms with Crippen molar-refractivity contribution in [3.63, 3.8) is 0 Å². The first-order chi connectivity index (χ1) is 7.11. The third-order valence-corrected chi connectivity index (χ3v) is 2.36. The van der Waals surface area contributed by atoms with Crippen molar-refractivity contribution in [3.8, 4) is 0 Å². The maximum atomic E-state index is 11.4. The van der Waals surface area contributed by atoms with Crippen molar-refractivity contribution in [2.45, 2.75) is 19.8 Å². The molecule has 1 aromatic carbocycles. The molecule has 1 unspecified atom stereocenters. The average molecular weight is 206 g/mol. The van der Waals surface area contributed by atoms with Crippen molar-refractivity contribution in [1.82, 2.24) is 0 Å².